The molecule has 0 spiro atoms. The van der Waals surface area contributed by atoms with E-state index in [0.29, 0.717) is 12.3 Å². The molecule has 7 heteroatoms. The van der Waals surface area contributed by atoms with Crippen molar-refractivity contribution in [1.29, 1.82) is 0 Å². The minimum atomic E-state index is -2.34. The Morgan fingerprint density at radius 3 is 2.38 bits per heavy atom. The Kier molecular flexibility index (Phi) is 8.63. The van der Waals surface area contributed by atoms with Crippen LogP contribution in [0.3, 0.4) is 0 Å². The van der Waals surface area contributed by atoms with Crippen molar-refractivity contribution in [2.45, 2.75) is 75.1 Å². The fraction of sp³-hybridized carbons (Fsp3) is 0.882. The van der Waals surface area contributed by atoms with Crippen LogP contribution >= 0.6 is 0 Å². The van der Waals surface area contributed by atoms with Crippen molar-refractivity contribution in [1.82, 2.24) is 0 Å². The number of carbonyl (C=O) groups is 2. The molecule has 0 heterocycles. The molecule has 1 aliphatic carbocycles. The summed E-state index contributed by atoms with van der Waals surface area (Å²) in [4.78, 5) is 24.0. The van der Waals surface area contributed by atoms with Crippen LogP contribution in [0.15, 0.2) is 0 Å². The van der Waals surface area contributed by atoms with Gasteiger partial charge in [-0.1, -0.05) is 0 Å². The van der Waals surface area contributed by atoms with Crippen LogP contribution in [0.1, 0.15) is 53.9 Å². The molecule has 1 N–H and O–H groups in total. The van der Waals surface area contributed by atoms with Gasteiger partial charge in [-0.25, -0.2) is 0 Å². The van der Waals surface area contributed by atoms with E-state index < -0.39 is 40.2 Å². The minimum absolute atomic E-state index is 0.244. The molecule has 136 valence electrons. The summed E-state index contributed by atoms with van der Waals surface area (Å²) < 4.78 is 16.0. The van der Waals surface area contributed by atoms with E-state index in [1.54, 1.807) is 7.11 Å². The van der Waals surface area contributed by atoms with Crippen molar-refractivity contribution in [3.63, 3.8) is 0 Å². The molecule has 4 atom stereocenters. The Balaban J connectivity index is 2.86. The number of hydrogen-bond acceptors (Lipinski definition) is 6. The van der Waals surface area contributed by atoms with Crippen molar-refractivity contribution in [3.8, 4) is 0 Å². The molecule has 0 saturated heterocycles. The van der Waals surface area contributed by atoms with E-state index in [1.165, 1.54) is 6.92 Å². The van der Waals surface area contributed by atoms with Crippen LogP contribution in [-0.4, -0.2) is 42.0 Å². The molecule has 0 radical (unpaired) electrons. The van der Waals surface area contributed by atoms with E-state index in [2.05, 4.69) is 13.8 Å². The molecule has 1 rings (SSSR count). The van der Waals surface area contributed by atoms with Crippen LogP contribution in [0, 0.1) is 11.8 Å². The summed E-state index contributed by atoms with van der Waals surface area (Å²) >= 11 is -2.34. The van der Waals surface area contributed by atoms with Gasteiger partial charge in [0, 0.05) is 0 Å². The first-order chi connectivity index (χ1) is 11.1. The van der Waals surface area contributed by atoms with Gasteiger partial charge >= 0.3 is 158 Å². The normalized spacial score (nSPS) is 25.8. The monoisotopic (exact) mass is 532 g/mol. The van der Waals surface area contributed by atoms with Crippen LogP contribution in [0.4, 0.5) is 0 Å². The summed E-state index contributed by atoms with van der Waals surface area (Å²) in [5.74, 6) is -0.0830. The molecule has 0 aromatic carbocycles. The van der Waals surface area contributed by atoms with Crippen LogP contribution in [0.2, 0.25) is 3.43 Å². The zero-order valence-electron chi connectivity index (χ0n) is 15.7. The number of hydrogen-bond donors (Lipinski definition) is 1. The first-order valence-electron chi connectivity index (χ1n) is 8.65. The second kappa shape index (κ2) is 9.48. The third-order valence-corrected chi connectivity index (χ3v) is 13.7. The third kappa shape index (κ3) is 6.26. The molecular weight excluding hydrogens is 501 g/mol. The van der Waals surface area contributed by atoms with E-state index >= 15 is 0 Å². The van der Waals surface area contributed by atoms with Gasteiger partial charge in [0.15, 0.2) is 0 Å². The third-order valence-electron chi connectivity index (χ3n) is 5.04. The van der Waals surface area contributed by atoms with Gasteiger partial charge in [-0.2, -0.15) is 0 Å². The Labute approximate surface area is 157 Å². The van der Waals surface area contributed by atoms with E-state index in [-0.39, 0.29) is 24.0 Å². The molecule has 0 bridgehead atoms. The number of rotatable bonds is 7. The van der Waals surface area contributed by atoms with E-state index in [0.717, 1.165) is 12.8 Å². The van der Waals surface area contributed by atoms with Gasteiger partial charge in [-0.15, -0.1) is 0 Å². The number of carbonyl (C=O) groups excluding carboxylic acids is 2. The molecule has 24 heavy (non-hydrogen) atoms. The van der Waals surface area contributed by atoms with Gasteiger partial charge in [-0.05, 0) is 0 Å². The topological polar surface area (TPSA) is 82.1 Å². The maximum absolute atomic E-state index is 12.8. The molecule has 0 unspecified atom stereocenters. The van der Waals surface area contributed by atoms with Crippen molar-refractivity contribution >= 4 is 11.9 Å². The number of esters is 1. The zero-order chi connectivity index (χ0) is 18.5. The Hall–Kier alpha value is -0.205. The fourth-order valence-electron chi connectivity index (χ4n) is 3.16. The van der Waals surface area contributed by atoms with E-state index in [9.17, 15) is 14.7 Å². The summed E-state index contributed by atoms with van der Waals surface area (Å²) in [6.07, 6.45) is 1.35. The first-order valence-corrected chi connectivity index (χ1v) is 14.1. The Morgan fingerprint density at radius 1 is 1.25 bits per heavy atom. The van der Waals surface area contributed by atoms with Gasteiger partial charge in [0.25, 0.3) is 0 Å². The second-order valence-electron chi connectivity index (χ2n) is 7.51. The van der Waals surface area contributed by atoms with Crippen molar-refractivity contribution in [2.75, 3.05) is 7.11 Å². The van der Waals surface area contributed by atoms with Gasteiger partial charge in [0.05, 0.1) is 0 Å². The predicted molar refractivity (Wildman–Crippen MR) is 84.7 cm³/mol. The standard InChI is InChI=1S/C15H27O4.C2H4O2.Hg/c1-10(2)12-7-6-11(16)8-13(12)19-14(17)9-15(3,4)18-5;1-2(3)4;/h9-13,16H,6-8H2,1-5H3;1H3,(H,3,4);/q;;+1/p-1/t11-,12+,13-;;/m1../s1. The van der Waals surface area contributed by atoms with E-state index in [4.69, 9.17) is 12.1 Å². The first kappa shape index (κ1) is 21.8. The zero-order valence-corrected chi connectivity index (χ0v) is 21.2. The summed E-state index contributed by atoms with van der Waals surface area (Å²) in [5.41, 5.74) is -0.727. The molecule has 0 amide bonds. The number of methoxy groups -OCH3 is 1. The van der Waals surface area contributed by atoms with Gasteiger partial charge in [0.1, 0.15) is 0 Å². The predicted octanol–water partition coefficient (Wildman–Crippen LogP) is 2.49. The summed E-state index contributed by atoms with van der Waals surface area (Å²) in [6.45, 7) is 9.21. The number of aliphatic hydroxyl groups is 1. The molecule has 0 aliphatic heterocycles. The van der Waals surface area contributed by atoms with Crippen molar-refractivity contribution < 1.29 is 51.8 Å². The molecule has 0 aromatic rings. The Bertz CT molecular complexity index is 437. The maximum atomic E-state index is 12.8. The summed E-state index contributed by atoms with van der Waals surface area (Å²) in [7, 11) is 1.54. The summed E-state index contributed by atoms with van der Waals surface area (Å²) in [6, 6.07) is 0. The van der Waals surface area contributed by atoms with Gasteiger partial charge < -0.3 is 0 Å². The van der Waals surface area contributed by atoms with Crippen LogP contribution in [0.5, 0.6) is 0 Å². The average Bonchev–Trinajstić information content (AvgIpc) is 2.46. The molecule has 0 aromatic heterocycles. The van der Waals surface area contributed by atoms with Crippen molar-refractivity contribution in [3.05, 3.63) is 0 Å². The number of aliphatic hydroxyl groups excluding tert-OH is 1. The fourth-order valence-corrected chi connectivity index (χ4v) is 7.83. The average molecular weight is 531 g/mol. The van der Waals surface area contributed by atoms with Crippen LogP contribution in [0.25, 0.3) is 0 Å². The van der Waals surface area contributed by atoms with Gasteiger partial charge in [0.2, 0.25) is 0 Å². The second-order valence-corrected chi connectivity index (χ2v) is 13.1. The molecule has 1 saturated carbocycles. The van der Waals surface area contributed by atoms with Gasteiger partial charge in [-0.3, -0.25) is 0 Å². The SMILES string of the molecule is COC(C)(C)[C@@H]([Hg][O]C(C)=O)C(=O)O[C@@H]1C[C@H](O)CC[C@H]1C(C)C. The van der Waals surface area contributed by atoms with Crippen LogP contribution < -0.4 is 0 Å². The Morgan fingerprint density at radius 2 is 1.88 bits per heavy atom. The quantitative estimate of drug-likeness (QED) is 0.402. The molecule has 1 aliphatic rings. The van der Waals surface area contributed by atoms with E-state index in [1.807, 2.05) is 13.8 Å². The molecular formula is C17H30HgO6. The van der Waals surface area contributed by atoms with Crippen LogP contribution in [-0.2, 0) is 46.7 Å². The number of ether oxygens (including phenoxy) is 2. The summed E-state index contributed by atoms with van der Waals surface area (Å²) in [5, 5.41) is 9.94. The molecule has 1 fully saturated rings. The molecule has 6 nitrogen and oxygen atoms in total. The van der Waals surface area contributed by atoms with Crippen molar-refractivity contribution in [2.24, 2.45) is 11.8 Å².